The molecule has 1 heterocycles. The molecule has 0 saturated heterocycles. The van der Waals surface area contributed by atoms with Crippen LogP contribution in [-0.2, 0) is 0 Å². The Morgan fingerprint density at radius 2 is 1.71 bits per heavy atom. The molecule has 4 nitrogen and oxygen atoms in total. The van der Waals surface area contributed by atoms with E-state index < -0.39 is 0 Å². The Morgan fingerprint density at radius 1 is 1.10 bits per heavy atom. The maximum Gasteiger partial charge on any atom is 0.253 e. The van der Waals surface area contributed by atoms with Crippen molar-refractivity contribution in [2.45, 2.75) is 27.7 Å². The van der Waals surface area contributed by atoms with Crippen LogP contribution in [0, 0.1) is 13.8 Å². The highest BCUT2D eigenvalue weighted by atomic mass is 16.2. The molecule has 0 N–H and O–H groups in total. The summed E-state index contributed by atoms with van der Waals surface area (Å²) in [6.45, 7) is 9.47. The van der Waals surface area contributed by atoms with Gasteiger partial charge in [0.1, 0.15) is 0 Å². The van der Waals surface area contributed by atoms with E-state index in [4.69, 9.17) is 0 Å². The van der Waals surface area contributed by atoms with Crippen LogP contribution in [0.15, 0.2) is 30.5 Å². The fraction of sp³-hybridized carbons (Fsp3) is 0.353. The first-order valence-electron chi connectivity index (χ1n) is 7.27. The van der Waals surface area contributed by atoms with Gasteiger partial charge in [0.2, 0.25) is 0 Å². The highest BCUT2D eigenvalue weighted by Gasteiger charge is 2.13. The first kappa shape index (κ1) is 15.2. The number of hydrogen-bond acceptors (Lipinski definition) is 3. The van der Waals surface area contributed by atoms with E-state index in [9.17, 15) is 4.79 Å². The molecule has 0 bridgehead atoms. The van der Waals surface area contributed by atoms with E-state index in [1.165, 1.54) is 0 Å². The van der Waals surface area contributed by atoms with Crippen LogP contribution in [0.2, 0.25) is 0 Å². The molecule has 0 fully saturated rings. The van der Waals surface area contributed by atoms with Crippen LogP contribution >= 0.6 is 0 Å². The van der Waals surface area contributed by atoms with Crippen molar-refractivity contribution in [1.29, 1.82) is 0 Å². The molecule has 2 aromatic rings. The molecular formula is C17H21N3O. The summed E-state index contributed by atoms with van der Waals surface area (Å²) >= 11 is 0. The van der Waals surface area contributed by atoms with Gasteiger partial charge in [0.25, 0.3) is 5.91 Å². The summed E-state index contributed by atoms with van der Waals surface area (Å²) < 4.78 is 0. The third-order valence-electron chi connectivity index (χ3n) is 3.81. The summed E-state index contributed by atoms with van der Waals surface area (Å²) in [5, 5.41) is 8.21. The van der Waals surface area contributed by atoms with Crippen molar-refractivity contribution in [2.24, 2.45) is 0 Å². The molecule has 4 heteroatoms. The molecule has 21 heavy (non-hydrogen) atoms. The standard InChI is InChI=1S/C17H21N3O/c1-5-20(6-2)17(21)15-9-7-14(8-10-15)16-13(4)12(3)11-18-19-16/h7-11H,5-6H2,1-4H3. The average molecular weight is 283 g/mol. The summed E-state index contributed by atoms with van der Waals surface area (Å²) in [4.78, 5) is 14.1. The molecule has 0 aliphatic carbocycles. The number of hydrogen-bond donors (Lipinski definition) is 0. The van der Waals surface area contributed by atoms with E-state index >= 15 is 0 Å². The van der Waals surface area contributed by atoms with E-state index in [2.05, 4.69) is 10.2 Å². The number of nitrogens with zero attached hydrogens (tertiary/aromatic N) is 3. The Morgan fingerprint density at radius 3 is 2.29 bits per heavy atom. The Balaban J connectivity index is 2.31. The molecule has 0 spiro atoms. The van der Waals surface area contributed by atoms with Crippen molar-refractivity contribution in [1.82, 2.24) is 15.1 Å². The van der Waals surface area contributed by atoms with E-state index in [0.717, 1.165) is 35.5 Å². The lowest BCUT2D eigenvalue weighted by Gasteiger charge is -2.18. The zero-order chi connectivity index (χ0) is 15.4. The maximum absolute atomic E-state index is 12.3. The quantitative estimate of drug-likeness (QED) is 0.865. The number of benzene rings is 1. The lowest BCUT2D eigenvalue weighted by Crippen LogP contribution is -2.30. The first-order valence-corrected chi connectivity index (χ1v) is 7.27. The lowest BCUT2D eigenvalue weighted by atomic mass is 10.0. The van der Waals surface area contributed by atoms with Gasteiger partial charge in [0, 0.05) is 24.2 Å². The topological polar surface area (TPSA) is 46.1 Å². The van der Waals surface area contributed by atoms with Crippen LogP contribution in [0.25, 0.3) is 11.3 Å². The number of aryl methyl sites for hydroxylation is 1. The molecule has 0 aliphatic rings. The van der Waals surface area contributed by atoms with E-state index in [0.29, 0.717) is 5.56 Å². The molecule has 2 rings (SSSR count). The van der Waals surface area contributed by atoms with E-state index in [1.54, 1.807) is 6.20 Å². The molecule has 0 unspecified atom stereocenters. The number of carbonyl (C=O) groups is 1. The summed E-state index contributed by atoms with van der Waals surface area (Å²) in [5.41, 5.74) is 4.80. The predicted molar refractivity (Wildman–Crippen MR) is 84.2 cm³/mol. The molecule has 1 amide bonds. The molecule has 1 aromatic carbocycles. The van der Waals surface area contributed by atoms with Crippen molar-refractivity contribution >= 4 is 5.91 Å². The van der Waals surface area contributed by atoms with Gasteiger partial charge >= 0.3 is 0 Å². The fourth-order valence-electron chi connectivity index (χ4n) is 2.27. The molecule has 0 saturated carbocycles. The molecule has 110 valence electrons. The van der Waals surface area contributed by atoms with E-state index in [1.807, 2.05) is 56.9 Å². The Labute approximate surface area is 125 Å². The normalized spacial score (nSPS) is 10.5. The van der Waals surface area contributed by atoms with Gasteiger partial charge in [-0.2, -0.15) is 10.2 Å². The maximum atomic E-state index is 12.3. The second kappa shape index (κ2) is 6.48. The first-order chi connectivity index (χ1) is 10.1. The van der Waals surface area contributed by atoms with Crippen molar-refractivity contribution in [3.63, 3.8) is 0 Å². The van der Waals surface area contributed by atoms with Gasteiger partial charge in [-0.25, -0.2) is 0 Å². The minimum Gasteiger partial charge on any atom is -0.339 e. The van der Waals surface area contributed by atoms with Gasteiger partial charge in [-0.1, -0.05) is 12.1 Å². The zero-order valence-corrected chi connectivity index (χ0v) is 13.1. The second-order valence-corrected chi connectivity index (χ2v) is 5.06. The van der Waals surface area contributed by atoms with Gasteiger partial charge in [-0.05, 0) is 51.0 Å². The molecular weight excluding hydrogens is 262 g/mol. The van der Waals surface area contributed by atoms with Gasteiger partial charge in [0.15, 0.2) is 0 Å². The predicted octanol–water partition coefficient (Wildman–Crippen LogP) is 3.24. The van der Waals surface area contributed by atoms with Gasteiger partial charge in [-0.3, -0.25) is 4.79 Å². The van der Waals surface area contributed by atoms with Crippen LogP contribution in [0.3, 0.4) is 0 Å². The van der Waals surface area contributed by atoms with Gasteiger partial charge < -0.3 is 4.90 Å². The molecule has 1 aromatic heterocycles. The Kier molecular flexibility index (Phi) is 4.68. The molecule has 0 radical (unpaired) electrons. The van der Waals surface area contributed by atoms with Crippen molar-refractivity contribution in [3.05, 3.63) is 47.2 Å². The Hall–Kier alpha value is -2.23. The number of aromatic nitrogens is 2. The molecule has 0 atom stereocenters. The highest BCUT2D eigenvalue weighted by molar-refractivity contribution is 5.94. The van der Waals surface area contributed by atoms with Crippen LogP contribution in [0.5, 0.6) is 0 Å². The van der Waals surface area contributed by atoms with Crippen LogP contribution in [-0.4, -0.2) is 34.1 Å². The highest BCUT2D eigenvalue weighted by Crippen LogP contribution is 2.22. The number of rotatable bonds is 4. The van der Waals surface area contributed by atoms with Crippen LogP contribution in [0.4, 0.5) is 0 Å². The Bertz CT molecular complexity index is 631. The summed E-state index contributed by atoms with van der Waals surface area (Å²) in [6, 6.07) is 7.60. The third-order valence-corrected chi connectivity index (χ3v) is 3.81. The zero-order valence-electron chi connectivity index (χ0n) is 13.1. The van der Waals surface area contributed by atoms with Crippen molar-refractivity contribution in [2.75, 3.05) is 13.1 Å². The van der Waals surface area contributed by atoms with Crippen LogP contribution < -0.4 is 0 Å². The largest absolute Gasteiger partial charge is 0.339 e. The SMILES string of the molecule is CCN(CC)C(=O)c1ccc(-c2nncc(C)c2C)cc1. The van der Waals surface area contributed by atoms with Gasteiger partial charge in [-0.15, -0.1) is 0 Å². The third kappa shape index (κ3) is 3.10. The number of carbonyl (C=O) groups excluding carboxylic acids is 1. The lowest BCUT2D eigenvalue weighted by molar-refractivity contribution is 0.0773. The average Bonchev–Trinajstić information content (AvgIpc) is 2.51. The minimum absolute atomic E-state index is 0.0681. The minimum atomic E-state index is 0.0681. The summed E-state index contributed by atoms with van der Waals surface area (Å²) in [5.74, 6) is 0.0681. The van der Waals surface area contributed by atoms with Gasteiger partial charge in [0.05, 0.1) is 11.9 Å². The second-order valence-electron chi connectivity index (χ2n) is 5.06. The van der Waals surface area contributed by atoms with Crippen molar-refractivity contribution in [3.8, 4) is 11.3 Å². The van der Waals surface area contributed by atoms with Crippen LogP contribution in [0.1, 0.15) is 35.3 Å². The molecule has 0 aliphatic heterocycles. The monoisotopic (exact) mass is 283 g/mol. The fourth-order valence-corrected chi connectivity index (χ4v) is 2.27. The number of amides is 1. The van der Waals surface area contributed by atoms with Crippen molar-refractivity contribution < 1.29 is 4.79 Å². The summed E-state index contributed by atoms with van der Waals surface area (Å²) in [7, 11) is 0. The summed E-state index contributed by atoms with van der Waals surface area (Å²) in [6.07, 6.45) is 1.76. The smallest absolute Gasteiger partial charge is 0.253 e. The van der Waals surface area contributed by atoms with E-state index in [-0.39, 0.29) is 5.91 Å².